The number of hydrogen-bond donors (Lipinski definition) is 4. The maximum atomic E-state index is 11.2. The van der Waals surface area contributed by atoms with Gasteiger partial charge in [0.2, 0.25) is 0 Å². The molecule has 0 heterocycles. The van der Waals surface area contributed by atoms with Gasteiger partial charge in [-0.25, -0.2) is 0 Å². The Balaban J connectivity index is 4.11. The smallest absolute Gasteiger partial charge is 0.311 e. The summed E-state index contributed by atoms with van der Waals surface area (Å²) in [7, 11) is 0. The molecule has 0 fully saturated rings. The SMILES string of the molecule is CCCCCC(O)(O)C(CCCCCCC(=O)O)C(=O)O. The fourth-order valence-electron chi connectivity index (χ4n) is 2.34. The Bertz CT molecular complexity index is 313. The number of aliphatic hydroxyl groups is 2. The van der Waals surface area contributed by atoms with Crippen LogP contribution in [0.2, 0.25) is 0 Å². The standard InChI is InChI=1S/C15H28O6/c1-2-3-8-11-15(20,21)12(14(18)19)9-6-4-5-7-10-13(16)17/h12,20-21H,2-11H2,1H3,(H,16,17)(H,18,19). The Hall–Kier alpha value is -1.14. The first-order chi connectivity index (χ1) is 9.81. The fourth-order valence-corrected chi connectivity index (χ4v) is 2.34. The highest BCUT2D eigenvalue weighted by Crippen LogP contribution is 2.27. The Labute approximate surface area is 125 Å². The first kappa shape index (κ1) is 19.9. The summed E-state index contributed by atoms with van der Waals surface area (Å²) >= 11 is 0. The second-order valence-corrected chi connectivity index (χ2v) is 5.57. The molecule has 0 aliphatic rings. The molecule has 0 aliphatic carbocycles. The highest BCUT2D eigenvalue weighted by atomic mass is 16.5. The van der Waals surface area contributed by atoms with Crippen LogP contribution in [0.15, 0.2) is 0 Å². The number of carboxylic acid groups (broad SMARTS) is 2. The van der Waals surface area contributed by atoms with Gasteiger partial charge in [0.05, 0.1) is 0 Å². The minimum absolute atomic E-state index is 0.0663. The van der Waals surface area contributed by atoms with Crippen LogP contribution < -0.4 is 0 Å². The van der Waals surface area contributed by atoms with E-state index in [1.165, 1.54) is 0 Å². The summed E-state index contributed by atoms with van der Waals surface area (Å²) in [6.45, 7) is 1.99. The van der Waals surface area contributed by atoms with Crippen molar-refractivity contribution in [2.45, 2.75) is 76.9 Å². The quantitative estimate of drug-likeness (QED) is 0.307. The number of carbonyl (C=O) groups is 2. The molecule has 1 unspecified atom stereocenters. The molecule has 0 spiro atoms. The van der Waals surface area contributed by atoms with Gasteiger partial charge in [-0.05, 0) is 19.3 Å². The van der Waals surface area contributed by atoms with Gasteiger partial charge in [-0.1, -0.05) is 39.0 Å². The van der Waals surface area contributed by atoms with Gasteiger partial charge < -0.3 is 20.4 Å². The zero-order chi connectivity index (χ0) is 16.3. The third-order valence-corrected chi connectivity index (χ3v) is 3.64. The van der Waals surface area contributed by atoms with Gasteiger partial charge in [-0.2, -0.15) is 0 Å². The van der Waals surface area contributed by atoms with E-state index < -0.39 is 23.6 Å². The van der Waals surface area contributed by atoms with E-state index in [4.69, 9.17) is 10.2 Å². The summed E-state index contributed by atoms with van der Waals surface area (Å²) in [5.41, 5.74) is 0. The van der Waals surface area contributed by atoms with Crippen LogP contribution >= 0.6 is 0 Å². The van der Waals surface area contributed by atoms with Crippen LogP contribution in [0.1, 0.15) is 71.1 Å². The van der Waals surface area contributed by atoms with Gasteiger partial charge in [-0.15, -0.1) is 0 Å². The Morgan fingerprint density at radius 1 is 0.952 bits per heavy atom. The Kier molecular flexibility index (Phi) is 9.99. The molecule has 0 bridgehead atoms. The number of rotatable bonds is 13. The molecule has 1 atom stereocenters. The number of hydrogen-bond acceptors (Lipinski definition) is 4. The molecule has 0 saturated heterocycles. The first-order valence-electron chi connectivity index (χ1n) is 7.70. The summed E-state index contributed by atoms with van der Waals surface area (Å²) in [5, 5.41) is 37.5. The van der Waals surface area contributed by atoms with Crippen molar-refractivity contribution in [3.05, 3.63) is 0 Å². The van der Waals surface area contributed by atoms with Crippen LogP contribution in [-0.4, -0.2) is 38.2 Å². The van der Waals surface area contributed by atoms with Gasteiger partial charge in [0.25, 0.3) is 0 Å². The summed E-state index contributed by atoms with van der Waals surface area (Å²) in [6.07, 6.45) is 5.25. The maximum Gasteiger partial charge on any atom is 0.311 e. The molecule has 0 aromatic heterocycles. The third kappa shape index (κ3) is 9.42. The van der Waals surface area contributed by atoms with Crippen molar-refractivity contribution >= 4 is 11.9 Å². The molecule has 4 N–H and O–H groups in total. The highest BCUT2D eigenvalue weighted by molar-refractivity contribution is 5.71. The normalized spacial score (nSPS) is 13.1. The van der Waals surface area contributed by atoms with Crippen LogP contribution in [0.3, 0.4) is 0 Å². The molecule has 6 nitrogen and oxygen atoms in total. The van der Waals surface area contributed by atoms with Crippen LogP contribution in [0.25, 0.3) is 0 Å². The van der Waals surface area contributed by atoms with E-state index in [1.807, 2.05) is 6.92 Å². The molecule has 6 heteroatoms. The molecule has 0 aliphatic heterocycles. The highest BCUT2D eigenvalue weighted by Gasteiger charge is 2.38. The van der Waals surface area contributed by atoms with E-state index in [2.05, 4.69) is 0 Å². The number of aliphatic carboxylic acids is 2. The van der Waals surface area contributed by atoms with Gasteiger partial charge in [0.15, 0.2) is 5.79 Å². The van der Waals surface area contributed by atoms with Crippen molar-refractivity contribution in [2.75, 3.05) is 0 Å². The molecule has 0 saturated carbocycles. The lowest BCUT2D eigenvalue weighted by Crippen LogP contribution is -2.42. The molecule has 124 valence electrons. The summed E-state index contributed by atoms with van der Waals surface area (Å²) in [6, 6.07) is 0. The van der Waals surface area contributed by atoms with Crippen molar-refractivity contribution in [2.24, 2.45) is 5.92 Å². The molecular formula is C15H28O6. The van der Waals surface area contributed by atoms with E-state index in [9.17, 15) is 19.8 Å². The zero-order valence-corrected chi connectivity index (χ0v) is 12.8. The van der Waals surface area contributed by atoms with Crippen molar-refractivity contribution in [1.82, 2.24) is 0 Å². The van der Waals surface area contributed by atoms with Gasteiger partial charge in [-0.3, -0.25) is 9.59 Å². The summed E-state index contributed by atoms with van der Waals surface area (Å²) in [5.74, 6) is -5.38. The monoisotopic (exact) mass is 304 g/mol. The maximum absolute atomic E-state index is 11.2. The minimum Gasteiger partial charge on any atom is -0.481 e. The number of unbranched alkanes of at least 4 members (excludes halogenated alkanes) is 5. The van der Waals surface area contributed by atoms with E-state index >= 15 is 0 Å². The van der Waals surface area contributed by atoms with Gasteiger partial charge in [0, 0.05) is 12.8 Å². The lowest BCUT2D eigenvalue weighted by molar-refractivity contribution is -0.215. The predicted molar refractivity (Wildman–Crippen MR) is 77.8 cm³/mol. The average molecular weight is 304 g/mol. The molecule has 0 aromatic rings. The van der Waals surface area contributed by atoms with Crippen molar-refractivity contribution < 1.29 is 30.0 Å². The van der Waals surface area contributed by atoms with Crippen LogP contribution in [0.4, 0.5) is 0 Å². The Morgan fingerprint density at radius 3 is 2.10 bits per heavy atom. The van der Waals surface area contributed by atoms with E-state index in [0.717, 1.165) is 12.8 Å². The largest absolute Gasteiger partial charge is 0.481 e. The van der Waals surface area contributed by atoms with Gasteiger partial charge >= 0.3 is 11.9 Å². The zero-order valence-electron chi connectivity index (χ0n) is 12.8. The lowest BCUT2D eigenvalue weighted by Gasteiger charge is -2.28. The molecular weight excluding hydrogens is 276 g/mol. The van der Waals surface area contributed by atoms with Gasteiger partial charge in [0.1, 0.15) is 5.92 Å². The third-order valence-electron chi connectivity index (χ3n) is 3.64. The lowest BCUT2D eigenvalue weighted by atomic mass is 9.88. The topological polar surface area (TPSA) is 115 Å². The molecule has 21 heavy (non-hydrogen) atoms. The van der Waals surface area contributed by atoms with Crippen molar-refractivity contribution in [1.29, 1.82) is 0 Å². The Morgan fingerprint density at radius 2 is 1.57 bits per heavy atom. The van der Waals surface area contributed by atoms with Crippen LogP contribution in [-0.2, 0) is 9.59 Å². The van der Waals surface area contributed by atoms with Crippen molar-refractivity contribution in [3.63, 3.8) is 0 Å². The molecule has 0 aromatic carbocycles. The van der Waals surface area contributed by atoms with Crippen LogP contribution in [0, 0.1) is 5.92 Å². The average Bonchev–Trinajstić information content (AvgIpc) is 2.36. The van der Waals surface area contributed by atoms with Crippen molar-refractivity contribution in [3.8, 4) is 0 Å². The molecule has 0 amide bonds. The second-order valence-electron chi connectivity index (χ2n) is 5.57. The summed E-state index contributed by atoms with van der Waals surface area (Å²) in [4.78, 5) is 21.5. The minimum atomic E-state index is -2.16. The number of carboxylic acids is 2. The van der Waals surface area contributed by atoms with E-state index in [0.29, 0.717) is 32.1 Å². The second kappa shape index (κ2) is 10.6. The molecule has 0 rings (SSSR count). The fraction of sp³-hybridized carbons (Fsp3) is 0.867. The predicted octanol–water partition coefficient (Wildman–Crippen LogP) is 2.37. The van der Waals surface area contributed by atoms with Crippen LogP contribution in [0.5, 0.6) is 0 Å². The first-order valence-corrected chi connectivity index (χ1v) is 7.70. The van der Waals surface area contributed by atoms with E-state index in [-0.39, 0.29) is 19.3 Å². The summed E-state index contributed by atoms with van der Waals surface area (Å²) < 4.78 is 0. The van der Waals surface area contributed by atoms with E-state index in [1.54, 1.807) is 0 Å². The molecule has 0 radical (unpaired) electrons.